The average Bonchev–Trinajstić information content (AvgIpc) is 2.49. The van der Waals surface area contributed by atoms with Crippen LogP contribution in [0, 0.1) is 0 Å². The summed E-state index contributed by atoms with van der Waals surface area (Å²) in [5, 5.41) is 3.27. The lowest BCUT2D eigenvalue weighted by molar-refractivity contribution is -0.137. The molecule has 1 heterocycles. The second kappa shape index (κ2) is 6.52. The van der Waals surface area contributed by atoms with Gasteiger partial charge in [-0.25, -0.2) is 4.79 Å². The highest BCUT2D eigenvalue weighted by molar-refractivity contribution is 5.92. The average molecular weight is 291 g/mol. The molecule has 1 aromatic carbocycles. The van der Waals surface area contributed by atoms with Crippen LogP contribution in [-0.2, 0) is 9.53 Å². The second-order valence-electron chi connectivity index (χ2n) is 4.89. The molecule has 1 N–H and O–H groups in total. The van der Waals surface area contributed by atoms with Gasteiger partial charge in [0, 0.05) is 23.9 Å². The monoisotopic (exact) mass is 291 g/mol. The zero-order chi connectivity index (χ0) is 15.4. The minimum absolute atomic E-state index is 0.319. The second-order valence-corrected chi connectivity index (χ2v) is 4.89. The van der Waals surface area contributed by atoms with E-state index in [1.54, 1.807) is 21.1 Å². The fraction of sp³-hybridized carbons (Fsp3) is 0.438. The van der Waals surface area contributed by atoms with E-state index in [0.29, 0.717) is 24.0 Å². The van der Waals surface area contributed by atoms with Crippen molar-refractivity contribution in [2.45, 2.75) is 19.8 Å². The van der Waals surface area contributed by atoms with Crippen molar-refractivity contribution in [2.24, 2.45) is 0 Å². The van der Waals surface area contributed by atoms with Crippen molar-refractivity contribution in [3.8, 4) is 11.5 Å². The van der Waals surface area contributed by atoms with Gasteiger partial charge in [0.05, 0.1) is 20.8 Å². The lowest BCUT2D eigenvalue weighted by atomic mass is 9.89. The highest BCUT2D eigenvalue weighted by Gasteiger charge is 2.23. The first-order chi connectivity index (χ1) is 10.1. The molecule has 1 aliphatic rings. The molecule has 0 saturated heterocycles. The van der Waals surface area contributed by atoms with Gasteiger partial charge in [0.2, 0.25) is 0 Å². The summed E-state index contributed by atoms with van der Waals surface area (Å²) in [4.78, 5) is 11.7. The van der Waals surface area contributed by atoms with Gasteiger partial charge in [-0.3, -0.25) is 0 Å². The maximum atomic E-state index is 11.7. The van der Waals surface area contributed by atoms with Crippen LogP contribution in [0.2, 0.25) is 0 Å². The molecular weight excluding hydrogens is 270 g/mol. The summed E-state index contributed by atoms with van der Waals surface area (Å²) in [5.74, 6) is 1.30. The molecule has 0 radical (unpaired) electrons. The first-order valence-electron chi connectivity index (χ1n) is 6.99. The predicted molar refractivity (Wildman–Crippen MR) is 80.6 cm³/mol. The van der Waals surface area contributed by atoms with E-state index in [9.17, 15) is 4.79 Å². The van der Waals surface area contributed by atoms with Crippen LogP contribution in [0.4, 0.5) is 0 Å². The summed E-state index contributed by atoms with van der Waals surface area (Å²) >= 11 is 0. The van der Waals surface area contributed by atoms with E-state index in [1.807, 2.05) is 12.1 Å². The molecule has 0 bridgehead atoms. The van der Waals surface area contributed by atoms with Crippen LogP contribution < -0.4 is 14.8 Å². The Morgan fingerprint density at radius 3 is 2.62 bits per heavy atom. The van der Waals surface area contributed by atoms with Crippen molar-refractivity contribution in [1.82, 2.24) is 5.32 Å². The minimum Gasteiger partial charge on any atom is -0.493 e. The Labute approximate surface area is 124 Å². The Morgan fingerprint density at radius 1 is 1.33 bits per heavy atom. The van der Waals surface area contributed by atoms with E-state index in [4.69, 9.17) is 14.2 Å². The summed E-state index contributed by atoms with van der Waals surface area (Å²) in [7, 11) is 3.21. The van der Waals surface area contributed by atoms with E-state index in [2.05, 4.69) is 12.2 Å². The number of hydrogen-bond donors (Lipinski definition) is 1. The number of rotatable bonds is 4. The van der Waals surface area contributed by atoms with Gasteiger partial charge in [-0.2, -0.15) is 0 Å². The number of fused-ring (bicyclic) bond motifs is 1. The molecule has 0 amide bonds. The molecule has 0 aliphatic carbocycles. The van der Waals surface area contributed by atoms with E-state index in [1.165, 1.54) is 6.08 Å². The number of methoxy groups -OCH3 is 2. The normalized spacial score (nSPS) is 18.7. The van der Waals surface area contributed by atoms with Crippen molar-refractivity contribution in [3.63, 3.8) is 0 Å². The summed E-state index contributed by atoms with van der Waals surface area (Å²) in [6.07, 6.45) is 1.49. The fourth-order valence-corrected chi connectivity index (χ4v) is 2.43. The Balaban J connectivity index is 2.49. The molecule has 114 valence electrons. The van der Waals surface area contributed by atoms with Gasteiger partial charge in [0.1, 0.15) is 0 Å². The number of hydrogen-bond acceptors (Lipinski definition) is 5. The number of carbonyl (C=O) groups is 1. The molecule has 0 fully saturated rings. The van der Waals surface area contributed by atoms with Gasteiger partial charge in [0.15, 0.2) is 11.5 Å². The van der Waals surface area contributed by atoms with Crippen molar-refractivity contribution >= 4 is 11.7 Å². The van der Waals surface area contributed by atoms with E-state index >= 15 is 0 Å². The lowest BCUT2D eigenvalue weighted by Crippen LogP contribution is -2.26. The Kier molecular flexibility index (Phi) is 4.73. The van der Waals surface area contributed by atoms with E-state index in [-0.39, 0.29) is 5.97 Å². The van der Waals surface area contributed by atoms with Crippen LogP contribution in [0.15, 0.2) is 18.2 Å². The zero-order valence-corrected chi connectivity index (χ0v) is 12.9. The standard InChI is InChI=1S/C16H21NO4/c1-5-21-16(18)8-13-12-7-15(20-4)14(19-3)6-11(12)10(2)9-17-13/h6-8,10,17H,5,9H2,1-4H3/t10-/m1/s1. The van der Waals surface area contributed by atoms with Crippen molar-refractivity contribution < 1.29 is 19.0 Å². The highest BCUT2D eigenvalue weighted by atomic mass is 16.5. The molecule has 1 aliphatic heterocycles. The van der Waals surface area contributed by atoms with Crippen LogP contribution in [0.1, 0.15) is 30.9 Å². The van der Waals surface area contributed by atoms with E-state index in [0.717, 1.165) is 23.4 Å². The van der Waals surface area contributed by atoms with Crippen molar-refractivity contribution in [1.29, 1.82) is 0 Å². The van der Waals surface area contributed by atoms with E-state index < -0.39 is 0 Å². The number of nitrogens with one attached hydrogen (secondary N) is 1. The molecule has 21 heavy (non-hydrogen) atoms. The van der Waals surface area contributed by atoms with Gasteiger partial charge >= 0.3 is 5.97 Å². The van der Waals surface area contributed by atoms with Crippen LogP contribution in [-0.4, -0.2) is 33.3 Å². The highest BCUT2D eigenvalue weighted by Crippen LogP contribution is 2.38. The SMILES string of the molecule is CCOC(=O)C=C1NC[C@@H](C)c2cc(OC)c(OC)cc21. The van der Waals surface area contributed by atoms with Crippen LogP contribution in [0.5, 0.6) is 11.5 Å². The van der Waals surface area contributed by atoms with Crippen molar-refractivity contribution in [3.05, 3.63) is 29.3 Å². The summed E-state index contributed by atoms with van der Waals surface area (Å²) < 4.78 is 15.7. The van der Waals surface area contributed by atoms with Gasteiger partial charge in [-0.15, -0.1) is 0 Å². The predicted octanol–water partition coefficient (Wildman–Crippen LogP) is 2.31. The summed E-state index contributed by atoms with van der Waals surface area (Å²) in [6.45, 7) is 5.03. The Bertz CT molecular complexity index is 566. The van der Waals surface area contributed by atoms with Crippen molar-refractivity contribution in [2.75, 3.05) is 27.4 Å². The maximum absolute atomic E-state index is 11.7. The smallest absolute Gasteiger partial charge is 0.332 e. The van der Waals surface area contributed by atoms with Gasteiger partial charge in [-0.05, 0) is 30.5 Å². The molecular formula is C16H21NO4. The fourth-order valence-electron chi connectivity index (χ4n) is 2.43. The summed E-state index contributed by atoms with van der Waals surface area (Å²) in [5.41, 5.74) is 2.82. The van der Waals surface area contributed by atoms with Crippen LogP contribution >= 0.6 is 0 Å². The molecule has 0 unspecified atom stereocenters. The van der Waals surface area contributed by atoms with Gasteiger partial charge < -0.3 is 19.5 Å². The number of carbonyl (C=O) groups excluding carboxylic acids is 1. The third kappa shape index (κ3) is 3.12. The molecule has 1 aromatic rings. The quantitative estimate of drug-likeness (QED) is 0.681. The number of esters is 1. The third-order valence-electron chi connectivity index (χ3n) is 3.52. The van der Waals surface area contributed by atoms with Crippen LogP contribution in [0.25, 0.3) is 5.70 Å². The molecule has 5 nitrogen and oxygen atoms in total. The molecule has 0 spiro atoms. The minimum atomic E-state index is -0.352. The van der Waals surface area contributed by atoms with Gasteiger partial charge in [0.25, 0.3) is 0 Å². The summed E-state index contributed by atoms with van der Waals surface area (Å²) in [6, 6.07) is 3.86. The maximum Gasteiger partial charge on any atom is 0.332 e. The van der Waals surface area contributed by atoms with Gasteiger partial charge in [-0.1, -0.05) is 6.92 Å². The first-order valence-corrected chi connectivity index (χ1v) is 6.99. The number of ether oxygens (including phenoxy) is 3. The number of benzene rings is 1. The largest absolute Gasteiger partial charge is 0.493 e. The molecule has 0 aromatic heterocycles. The Hall–Kier alpha value is -2.17. The molecule has 2 rings (SSSR count). The third-order valence-corrected chi connectivity index (χ3v) is 3.52. The zero-order valence-electron chi connectivity index (χ0n) is 12.9. The molecule has 5 heteroatoms. The molecule has 0 saturated carbocycles. The topological polar surface area (TPSA) is 56.8 Å². The Morgan fingerprint density at radius 2 is 2.00 bits per heavy atom. The first kappa shape index (κ1) is 15.2. The molecule has 1 atom stereocenters. The van der Waals surface area contributed by atoms with Crippen LogP contribution in [0.3, 0.4) is 0 Å². The lowest BCUT2D eigenvalue weighted by Gasteiger charge is -2.27.